The maximum Gasteiger partial charge on any atom is 0.309 e. The zero-order valence-electron chi connectivity index (χ0n) is 11.4. The highest BCUT2D eigenvalue weighted by atomic mass is 16.5. The Kier molecular flexibility index (Phi) is 4.20. The maximum absolute atomic E-state index is 11.7. The summed E-state index contributed by atoms with van der Waals surface area (Å²) in [6.45, 7) is 3.73. The second-order valence-electron chi connectivity index (χ2n) is 5.10. The topological polar surface area (TPSA) is 55.4 Å². The van der Waals surface area contributed by atoms with Crippen LogP contribution in [0.25, 0.3) is 0 Å². The molecule has 1 N–H and O–H groups in total. The number of benzene rings is 1. The number of rotatable bonds is 4. The number of aryl methyl sites for hydroxylation is 2. The third-order valence-corrected chi connectivity index (χ3v) is 3.44. The molecule has 0 spiro atoms. The molecule has 0 saturated heterocycles. The van der Waals surface area contributed by atoms with Crippen LogP contribution in [-0.2, 0) is 14.3 Å². The van der Waals surface area contributed by atoms with E-state index in [-0.39, 0.29) is 24.4 Å². The number of ether oxygens (including phenoxy) is 1. The lowest BCUT2D eigenvalue weighted by atomic mass is 9.86. The zero-order chi connectivity index (χ0) is 13.8. The Bertz CT molecular complexity index is 492. The van der Waals surface area contributed by atoms with Crippen LogP contribution >= 0.6 is 0 Å². The minimum atomic E-state index is -0.292. The van der Waals surface area contributed by atoms with E-state index in [1.54, 1.807) is 0 Å². The predicted octanol–water partition coefficient (Wildman–Crippen LogP) is 2.59. The van der Waals surface area contributed by atoms with E-state index in [2.05, 4.69) is 5.32 Å². The van der Waals surface area contributed by atoms with E-state index < -0.39 is 0 Å². The van der Waals surface area contributed by atoms with Crippen LogP contribution in [-0.4, -0.2) is 18.5 Å². The fourth-order valence-electron chi connectivity index (χ4n) is 2.04. The molecule has 1 saturated carbocycles. The largest absolute Gasteiger partial charge is 0.455 e. The normalized spacial score (nSPS) is 14.6. The summed E-state index contributed by atoms with van der Waals surface area (Å²) in [7, 11) is 0. The average Bonchev–Trinajstić information content (AvgIpc) is 2.28. The molecule has 1 fully saturated rings. The quantitative estimate of drug-likeness (QED) is 0.847. The molecule has 0 atom stereocenters. The van der Waals surface area contributed by atoms with Crippen molar-refractivity contribution in [2.24, 2.45) is 5.92 Å². The molecule has 4 nitrogen and oxygen atoms in total. The Morgan fingerprint density at radius 2 is 2.05 bits per heavy atom. The fraction of sp³-hybridized carbons (Fsp3) is 0.467. The van der Waals surface area contributed by atoms with Crippen LogP contribution in [0.5, 0.6) is 0 Å². The van der Waals surface area contributed by atoms with Crippen molar-refractivity contribution in [3.63, 3.8) is 0 Å². The standard InChI is InChI=1S/C15H19NO3/c1-10-6-7-13(11(2)8-10)16-14(17)9-19-15(18)12-4-3-5-12/h6-8,12H,3-5,9H2,1-2H3,(H,16,17). The first-order chi connectivity index (χ1) is 9.06. The third-order valence-electron chi connectivity index (χ3n) is 3.44. The molecule has 1 aromatic rings. The molecule has 0 aromatic heterocycles. The monoisotopic (exact) mass is 261 g/mol. The van der Waals surface area contributed by atoms with Crippen molar-refractivity contribution in [1.29, 1.82) is 0 Å². The van der Waals surface area contributed by atoms with Crippen molar-refractivity contribution in [1.82, 2.24) is 0 Å². The summed E-state index contributed by atoms with van der Waals surface area (Å²) >= 11 is 0. The highest BCUT2D eigenvalue weighted by molar-refractivity contribution is 5.93. The molecular weight excluding hydrogens is 242 g/mol. The molecular formula is C15H19NO3. The molecule has 1 aliphatic carbocycles. The van der Waals surface area contributed by atoms with Crippen LogP contribution in [0.2, 0.25) is 0 Å². The number of hydrogen-bond donors (Lipinski definition) is 1. The van der Waals surface area contributed by atoms with Crippen LogP contribution in [0.3, 0.4) is 0 Å². The Labute approximate surface area is 113 Å². The van der Waals surface area contributed by atoms with Gasteiger partial charge in [0.25, 0.3) is 5.91 Å². The van der Waals surface area contributed by atoms with E-state index in [0.717, 1.165) is 36.1 Å². The highest BCUT2D eigenvalue weighted by Gasteiger charge is 2.27. The smallest absolute Gasteiger partial charge is 0.309 e. The van der Waals surface area contributed by atoms with Crippen molar-refractivity contribution in [2.75, 3.05) is 11.9 Å². The summed E-state index contributed by atoms with van der Waals surface area (Å²) in [4.78, 5) is 23.2. The summed E-state index contributed by atoms with van der Waals surface area (Å²) in [5, 5.41) is 2.75. The molecule has 0 heterocycles. The molecule has 0 aliphatic heterocycles. The van der Waals surface area contributed by atoms with Gasteiger partial charge in [-0.2, -0.15) is 0 Å². The molecule has 0 unspecified atom stereocenters. The maximum atomic E-state index is 11.7. The Morgan fingerprint density at radius 3 is 2.63 bits per heavy atom. The van der Waals surface area contributed by atoms with Gasteiger partial charge < -0.3 is 10.1 Å². The minimum Gasteiger partial charge on any atom is -0.455 e. The molecule has 1 aliphatic rings. The van der Waals surface area contributed by atoms with Crippen LogP contribution < -0.4 is 5.32 Å². The molecule has 2 rings (SSSR count). The van der Waals surface area contributed by atoms with Crippen LogP contribution in [0.15, 0.2) is 18.2 Å². The second kappa shape index (κ2) is 5.87. The molecule has 0 bridgehead atoms. The van der Waals surface area contributed by atoms with E-state index in [9.17, 15) is 9.59 Å². The van der Waals surface area contributed by atoms with E-state index in [1.165, 1.54) is 0 Å². The summed E-state index contributed by atoms with van der Waals surface area (Å²) in [6.07, 6.45) is 2.85. The number of esters is 1. The molecule has 0 radical (unpaired) electrons. The number of amides is 1. The molecule has 19 heavy (non-hydrogen) atoms. The van der Waals surface area contributed by atoms with Gasteiger partial charge in [-0.05, 0) is 38.3 Å². The van der Waals surface area contributed by atoms with Gasteiger partial charge in [0.2, 0.25) is 0 Å². The lowest BCUT2D eigenvalue weighted by Crippen LogP contribution is -2.28. The first-order valence-electron chi connectivity index (χ1n) is 6.60. The number of nitrogens with one attached hydrogen (secondary N) is 1. The average molecular weight is 261 g/mol. The molecule has 4 heteroatoms. The molecule has 1 amide bonds. The predicted molar refractivity (Wildman–Crippen MR) is 72.8 cm³/mol. The van der Waals surface area contributed by atoms with Gasteiger partial charge in [-0.1, -0.05) is 24.1 Å². The van der Waals surface area contributed by atoms with Gasteiger partial charge in [-0.3, -0.25) is 9.59 Å². The second-order valence-corrected chi connectivity index (χ2v) is 5.10. The fourth-order valence-corrected chi connectivity index (χ4v) is 2.04. The minimum absolute atomic E-state index is 0.00825. The number of hydrogen-bond acceptors (Lipinski definition) is 3. The number of anilines is 1. The SMILES string of the molecule is Cc1ccc(NC(=O)COC(=O)C2CCC2)c(C)c1. The summed E-state index contributed by atoms with van der Waals surface area (Å²) < 4.78 is 4.99. The van der Waals surface area contributed by atoms with Crippen molar-refractivity contribution in [2.45, 2.75) is 33.1 Å². The van der Waals surface area contributed by atoms with Crippen LogP contribution in [0.4, 0.5) is 5.69 Å². The van der Waals surface area contributed by atoms with Gasteiger partial charge in [0.05, 0.1) is 5.92 Å². The van der Waals surface area contributed by atoms with E-state index in [0.29, 0.717) is 0 Å². The van der Waals surface area contributed by atoms with E-state index >= 15 is 0 Å². The zero-order valence-corrected chi connectivity index (χ0v) is 11.4. The van der Waals surface area contributed by atoms with E-state index in [4.69, 9.17) is 4.74 Å². The Morgan fingerprint density at radius 1 is 1.32 bits per heavy atom. The van der Waals surface area contributed by atoms with Crippen molar-refractivity contribution >= 4 is 17.6 Å². The van der Waals surface area contributed by atoms with Gasteiger partial charge in [0, 0.05) is 5.69 Å². The van der Waals surface area contributed by atoms with Gasteiger partial charge in [0.15, 0.2) is 6.61 Å². The van der Waals surface area contributed by atoms with Gasteiger partial charge >= 0.3 is 5.97 Å². The molecule has 102 valence electrons. The van der Waals surface area contributed by atoms with Crippen LogP contribution in [0, 0.1) is 19.8 Å². The highest BCUT2D eigenvalue weighted by Crippen LogP contribution is 2.27. The first-order valence-corrected chi connectivity index (χ1v) is 6.60. The van der Waals surface area contributed by atoms with Crippen molar-refractivity contribution in [3.8, 4) is 0 Å². The van der Waals surface area contributed by atoms with Crippen molar-refractivity contribution in [3.05, 3.63) is 29.3 Å². The molecule has 1 aromatic carbocycles. The summed E-state index contributed by atoms with van der Waals surface area (Å²) in [5.41, 5.74) is 2.90. The number of carbonyl (C=O) groups excluding carboxylic acids is 2. The lowest BCUT2D eigenvalue weighted by molar-refractivity contribution is -0.154. The summed E-state index contributed by atoms with van der Waals surface area (Å²) in [6, 6.07) is 5.79. The lowest BCUT2D eigenvalue weighted by Gasteiger charge is -2.22. The van der Waals surface area contributed by atoms with Crippen molar-refractivity contribution < 1.29 is 14.3 Å². The van der Waals surface area contributed by atoms with Gasteiger partial charge in [0.1, 0.15) is 0 Å². The van der Waals surface area contributed by atoms with Gasteiger partial charge in [-0.15, -0.1) is 0 Å². The third kappa shape index (κ3) is 3.56. The van der Waals surface area contributed by atoms with E-state index in [1.807, 2.05) is 32.0 Å². The number of carbonyl (C=O) groups is 2. The first kappa shape index (κ1) is 13.6. The van der Waals surface area contributed by atoms with Crippen LogP contribution in [0.1, 0.15) is 30.4 Å². The Balaban J connectivity index is 1.81. The Hall–Kier alpha value is -1.84. The van der Waals surface area contributed by atoms with Gasteiger partial charge in [-0.25, -0.2) is 0 Å². The summed E-state index contributed by atoms with van der Waals surface area (Å²) in [5.74, 6) is -0.532.